The fourth-order valence-electron chi connectivity index (χ4n) is 3.38. The van der Waals surface area contributed by atoms with Gasteiger partial charge in [0.15, 0.2) is 0 Å². The Morgan fingerprint density at radius 1 is 1.10 bits per heavy atom. The van der Waals surface area contributed by atoms with Gasteiger partial charge < -0.3 is 5.32 Å². The van der Waals surface area contributed by atoms with Gasteiger partial charge in [-0.1, -0.05) is 37.6 Å². The van der Waals surface area contributed by atoms with E-state index in [0.717, 1.165) is 17.4 Å². The highest BCUT2D eigenvalue weighted by Gasteiger charge is 2.15. The average Bonchev–Trinajstić information content (AvgIpc) is 2.77. The lowest BCUT2D eigenvalue weighted by Gasteiger charge is -2.14. The fourth-order valence-corrected chi connectivity index (χ4v) is 3.38. The van der Waals surface area contributed by atoms with Crippen LogP contribution in [-0.4, -0.2) is 26.5 Å². The van der Waals surface area contributed by atoms with E-state index in [1.54, 1.807) is 36.4 Å². The van der Waals surface area contributed by atoms with E-state index >= 15 is 0 Å². The Labute approximate surface area is 178 Å². The lowest BCUT2D eigenvalue weighted by molar-refractivity contribution is -0.384. The molecule has 0 unspecified atom stereocenters. The van der Waals surface area contributed by atoms with Gasteiger partial charge in [-0.15, -0.1) is 0 Å². The summed E-state index contributed by atoms with van der Waals surface area (Å²) in [6, 6.07) is 12.7. The molecule has 3 aromatic rings. The first-order chi connectivity index (χ1) is 14.9. The first kappa shape index (κ1) is 21.9. The molecular formula is C22H24N4O5. The van der Waals surface area contributed by atoms with Crippen molar-refractivity contribution < 1.29 is 9.72 Å². The zero-order valence-electron chi connectivity index (χ0n) is 17.2. The van der Waals surface area contributed by atoms with Crippen LogP contribution in [0.2, 0.25) is 0 Å². The minimum atomic E-state index is -0.559. The number of nitrogens with zero attached hydrogens (tertiary/aromatic N) is 3. The van der Waals surface area contributed by atoms with Crippen molar-refractivity contribution in [3.05, 3.63) is 85.0 Å². The van der Waals surface area contributed by atoms with Gasteiger partial charge in [0, 0.05) is 31.6 Å². The van der Waals surface area contributed by atoms with E-state index in [9.17, 15) is 24.5 Å². The van der Waals surface area contributed by atoms with E-state index in [4.69, 9.17) is 0 Å². The van der Waals surface area contributed by atoms with Crippen LogP contribution in [0.15, 0.2) is 58.1 Å². The fraction of sp³-hybridized carbons (Fsp3) is 0.318. The standard InChI is InChI=1S/C22H24N4O5/c1-2-3-12-23-20(27)11-13-24-21(28)18-9-4-5-10-19(18)25(22(24)29)15-16-7-6-8-17(14-16)26(30)31/h4-10,14H,2-3,11-13,15H2,1H3,(H,23,27). The van der Waals surface area contributed by atoms with Crippen LogP contribution in [-0.2, 0) is 17.9 Å². The minimum Gasteiger partial charge on any atom is -0.356 e. The summed E-state index contributed by atoms with van der Waals surface area (Å²) in [5.41, 5.74) is -0.0997. The highest BCUT2D eigenvalue weighted by atomic mass is 16.6. The molecule has 9 heteroatoms. The molecule has 0 bridgehead atoms. The van der Waals surface area contributed by atoms with Crippen molar-refractivity contribution in [3.8, 4) is 0 Å². The predicted octanol–water partition coefficient (Wildman–Crippen LogP) is 2.43. The number of hydrogen-bond donors (Lipinski definition) is 1. The third-order valence-corrected chi connectivity index (χ3v) is 5.01. The minimum absolute atomic E-state index is 0.00795. The third-order valence-electron chi connectivity index (χ3n) is 5.01. The molecule has 0 aliphatic rings. The summed E-state index contributed by atoms with van der Waals surface area (Å²) < 4.78 is 2.46. The van der Waals surface area contributed by atoms with E-state index in [1.807, 2.05) is 6.92 Å². The molecule has 9 nitrogen and oxygen atoms in total. The van der Waals surface area contributed by atoms with Crippen LogP contribution in [0.25, 0.3) is 10.9 Å². The Morgan fingerprint density at radius 3 is 2.61 bits per heavy atom. The number of non-ortho nitro benzene ring substituents is 1. The summed E-state index contributed by atoms with van der Waals surface area (Å²) in [5.74, 6) is -0.224. The van der Waals surface area contributed by atoms with Gasteiger partial charge in [-0.2, -0.15) is 0 Å². The number of unbranched alkanes of at least 4 members (excludes halogenated alkanes) is 1. The molecular weight excluding hydrogens is 400 g/mol. The molecule has 0 saturated carbocycles. The second-order valence-electron chi connectivity index (χ2n) is 7.22. The summed E-state index contributed by atoms with van der Waals surface area (Å²) in [6.07, 6.45) is 1.82. The number of amides is 1. The van der Waals surface area contributed by atoms with E-state index in [2.05, 4.69) is 5.32 Å². The van der Waals surface area contributed by atoms with Gasteiger partial charge in [0.25, 0.3) is 11.2 Å². The predicted molar refractivity (Wildman–Crippen MR) is 117 cm³/mol. The van der Waals surface area contributed by atoms with Crippen LogP contribution in [0.1, 0.15) is 31.7 Å². The highest BCUT2D eigenvalue weighted by Crippen LogP contribution is 2.15. The zero-order valence-corrected chi connectivity index (χ0v) is 17.2. The maximum atomic E-state index is 13.2. The van der Waals surface area contributed by atoms with Crippen LogP contribution in [0.4, 0.5) is 5.69 Å². The van der Waals surface area contributed by atoms with Crippen molar-refractivity contribution in [1.82, 2.24) is 14.5 Å². The number of para-hydroxylation sites is 1. The lowest BCUT2D eigenvalue weighted by Crippen LogP contribution is -2.41. The second-order valence-corrected chi connectivity index (χ2v) is 7.22. The molecule has 0 atom stereocenters. The number of fused-ring (bicyclic) bond motifs is 1. The number of carbonyl (C=O) groups is 1. The molecule has 1 amide bonds. The Bertz CT molecular complexity index is 1230. The Hall–Kier alpha value is -3.75. The van der Waals surface area contributed by atoms with E-state index in [-0.39, 0.29) is 31.1 Å². The van der Waals surface area contributed by atoms with Gasteiger partial charge in [0.1, 0.15) is 0 Å². The smallest absolute Gasteiger partial charge is 0.331 e. The maximum Gasteiger partial charge on any atom is 0.331 e. The van der Waals surface area contributed by atoms with Gasteiger partial charge >= 0.3 is 5.69 Å². The summed E-state index contributed by atoms with van der Waals surface area (Å²) in [7, 11) is 0. The molecule has 0 radical (unpaired) electrons. The number of hydrogen-bond acceptors (Lipinski definition) is 5. The summed E-state index contributed by atoms with van der Waals surface area (Å²) >= 11 is 0. The van der Waals surface area contributed by atoms with Gasteiger partial charge in [-0.3, -0.25) is 28.8 Å². The van der Waals surface area contributed by atoms with Crippen LogP contribution >= 0.6 is 0 Å². The van der Waals surface area contributed by atoms with Crippen molar-refractivity contribution in [1.29, 1.82) is 0 Å². The Balaban J connectivity index is 1.98. The summed E-state index contributed by atoms with van der Waals surface area (Å²) in [4.78, 5) is 48.7. The van der Waals surface area contributed by atoms with Gasteiger partial charge in [-0.05, 0) is 24.1 Å². The monoisotopic (exact) mass is 424 g/mol. The molecule has 1 N–H and O–H groups in total. The van der Waals surface area contributed by atoms with Crippen LogP contribution in [0.3, 0.4) is 0 Å². The molecule has 0 spiro atoms. The topological polar surface area (TPSA) is 116 Å². The summed E-state index contributed by atoms with van der Waals surface area (Å²) in [5, 5.41) is 14.2. The first-order valence-electron chi connectivity index (χ1n) is 10.1. The van der Waals surface area contributed by atoms with Gasteiger partial charge in [0.2, 0.25) is 5.91 Å². The maximum absolute atomic E-state index is 13.2. The van der Waals surface area contributed by atoms with Crippen molar-refractivity contribution in [2.75, 3.05) is 6.54 Å². The molecule has 3 rings (SSSR count). The van der Waals surface area contributed by atoms with Crippen molar-refractivity contribution >= 4 is 22.5 Å². The number of benzene rings is 2. The molecule has 0 aliphatic carbocycles. The molecule has 0 saturated heterocycles. The Kier molecular flexibility index (Phi) is 6.96. The molecule has 162 valence electrons. The average molecular weight is 424 g/mol. The number of aromatic nitrogens is 2. The molecule has 31 heavy (non-hydrogen) atoms. The first-order valence-corrected chi connectivity index (χ1v) is 10.1. The molecule has 2 aromatic carbocycles. The second kappa shape index (κ2) is 9.84. The van der Waals surface area contributed by atoms with Crippen molar-refractivity contribution in [2.45, 2.75) is 39.3 Å². The number of nitro benzene ring substituents is 1. The van der Waals surface area contributed by atoms with Crippen molar-refractivity contribution in [2.24, 2.45) is 0 Å². The normalized spacial score (nSPS) is 10.9. The van der Waals surface area contributed by atoms with Crippen LogP contribution in [0, 0.1) is 10.1 Å². The molecule has 0 aliphatic heterocycles. The highest BCUT2D eigenvalue weighted by molar-refractivity contribution is 5.78. The van der Waals surface area contributed by atoms with Crippen molar-refractivity contribution in [3.63, 3.8) is 0 Å². The van der Waals surface area contributed by atoms with E-state index in [1.165, 1.54) is 16.7 Å². The lowest BCUT2D eigenvalue weighted by atomic mass is 10.2. The molecule has 1 aromatic heterocycles. The quantitative estimate of drug-likeness (QED) is 0.322. The zero-order chi connectivity index (χ0) is 22.4. The van der Waals surface area contributed by atoms with Gasteiger partial charge in [0.05, 0.1) is 22.4 Å². The number of nitro groups is 1. The SMILES string of the molecule is CCCCNC(=O)CCn1c(=O)c2ccccc2n(Cc2cccc([N+](=O)[O-])c2)c1=O. The number of nitrogens with one attached hydrogen (secondary N) is 1. The number of carbonyl (C=O) groups excluding carboxylic acids is 1. The Morgan fingerprint density at radius 2 is 1.87 bits per heavy atom. The van der Waals surface area contributed by atoms with Crippen LogP contribution < -0.4 is 16.6 Å². The molecule has 1 heterocycles. The number of rotatable bonds is 9. The van der Waals surface area contributed by atoms with Gasteiger partial charge in [-0.25, -0.2) is 4.79 Å². The molecule has 0 fully saturated rings. The van der Waals surface area contributed by atoms with Crippen LogP contribution in [0.5, 0.6) is 0 Å². The third kappa shape index (κ3) is 5.06. The largest absolute Gasteiger partial charge is 0.356 e. The van der Waals surface area contributed by atoms with E-state index in [0.29, 0.717) is 23.0 Å². The van der Waals surface area contributed by atoms with E-state index < -0.39 is 16.2 Å². The summed E-state index contributed by atoms with van der Waals surface area (Å²) in [6.45, 7) is 2.59.